The lowest BCUT2D eigenvalue weighted by atomic mass is 9.99. The fourth-order valence-corrected chi connectivity index (χ4v) is 7.26. The summed E-state index contributed by atoms with van der Waals surface area (Å²) in [6, 6.07) is 3.10. The molecule has 12 heteroatoms. The van der Waals surface area contributed by atoms with Crippen LogP contribution in [0.15, 0.2) is 28.5 Å². The molecule has 2 N–H and O–H groups in total. The Kier molecular flexibility index (Phi) is 7.30. The van der Waals surface area contributed by atoms with E-state index in [-0.39, 0.29) is 17.6 Å². The molecule has 0 aromatic carbocycles. The van der Waals surface area contributed by atoms with Crippen molar-refractivity contribution in [2.75, 3.05) is 32.0 Å². The molecule has 11 nitrogen and oxygen atoms in total. The zero-order chi connectivity index (χ0) is 27.1. The van der Waals surface area contributed by atoms with Gasteiger partial charge in [0, 0.05) is 42.2 Å². The number of likely N-dealkylation sites (tertiary alicyclic amines) is 1. The Morgan fingerprint density at radius 1 is 1.21 bits per heavy atom. The summed E-state index contributed by atoms with van der Waals surface area (Å²) >= 11 is 0. The third-order valence-corrected chi connectivity index (χ3v) is 9.87. The van der Waals surface area contributed by atoms with Gasteiger partial charge in [0.2, 0.25) is 16.0 Å². The first-order valence-corrected chi connectivity index (χ1v) is 14.8. The number of aliphatic hydroxyl groups is 1. The van der Waals surface area contributed by atoms with Crippen molar-refractivity contribution in [1.29, 1.82) is 5.26 Å². The highest BCUT2D eigenvalue weighted by Gasteiger charge is 2.40. The Morgan fingerprint density at radius 3 is 2.61 bits per heavy atom. The smallest absolute Gasteiger partial charge is 0.270 e. The molecule has 1 unspecified atom stereocenters. The molecule has 2 saturated heterocycles. The second-order valence-corrected chi connectivity index (χ2v) is 12.8. The number of hydrogen-bond donors (Lipinski definition) is 2. The Balaban J connectivity index is 1.32. The number of likely N-dealkylation sites (N-methyl/N-ethyl adjacent to an activating group) is 1. The zero-order valence-corrected chi connectivity index (χ0v) is 22.7. The van der Waals surface area contributed by atoms with E-state index >= 15 is 0 Å². The summed E-state index contributed by atoms with van der Waals surface area (Å²) in [5.74, 6) is 0.332. The summed E-state index contributed by atoms with van der Waals surface area (Å²) < 4.78 is 28.7. The van der Waals surface area contributed by atoms with E-state index in [1.165, 1.54) is 20.3 Å². The summed E-state index contributed by atoms with van der Waals surface area (Å²) in [4.78, 5) is 24.4. The van der Waals surface area contributed by atoms with Crippen LogP contribution >= 0.6 is 0 Å². The van der Waals surface area contributed by atoms with E-state index in [2.05, 4.69) is 20.2 Å². The molecule has 2 aromatic rings. The number of nitriles is 1. The fraction of sp³-hybridized carbons (Fsp3) is 0.615. The quantitative estimate of drug-likeness (QED) is 0.560. The average molecular weight is 542 g/mol. The molecule has 0 amide bonds. The maximum atomic E-state index is 13.2. The van der Waals surface area contributed by atoms with E-state index in [4.69, 9.17) is 0 Å². The van der Waals surface area contributed by atoms with Crippen LogP contribution in [0.3, 0.4) is 0 Å². The van der Waals surface area contributed by atoms with Crippen molar-refractivity contribution < 1.29 is 13.5 Å². The molecule has 204 valence electrons. The van der Waals surface area contributed by atoms with Crippen LogP contribution in [0.4, 0.5) is 5.95 Å². The normalized spacial score (nSPS) is 27.8. The Bertz CT molecular complexity index is 1440. The minimum absolute atomic E-state index is 0.00767. The molecule has 0 spiro atoms. The number of pyridine rings is 1. The summed E-state index contributed by atoms with van der Waals surface area (Å²) in [6.45, 7) is 3.48. The summed E-state index contributed by atoms with van der Waals surface area (Å²) in [6.07, 6.45) is 8.56. The van der Waals surface area contributed by atoms with Crippen LogP contribution in [-0.2, 0) is 10.0 Å². The maximum Gasteiger partial charge on any atom is 0.270 e. The van der Waals surface area contributed by atoms with Crippen LogP contribution in [0, 0.1) is 11.3 Å². The highest BCUT2D eigenvalue weighted by atomic mass is 32.2. The number of hydrogen-bond acceptors (Lipinski definition) is 9. The van der Waals surface area contributed by atoms with Gasteiger partial charge in [-0.2, -0.15) is 14.6 Å². The van der Waals surface area contributed by atoms with Gasteiger partial charge in [-0.3, -0.25) is 14.3 Å². The Labute approximate surface area is 222 Å². The first-order chi connectivity index (χ1) is 18.1. The molecule has 3 aliphatic rings. The van der Waals surface area contributed by atoms with Crippen LogP contribution < -0.4 is 10.9 Å². The number of piperidine rings is 1. The number of rotatable bonds is 6. The van der Waals surface area contributed by atoms with Gasteiger partial charge in [-0.25, -0.2) is 13.4 Å². The van der Waals surface area contributed by atoms with Crippen molar-refractivity contribution >= 4 is 27.0 Å². The first-order valence-electron chi connectivity index (χ1n) is 13.3. The Morgan fingerprint density at radius 2 is 1.97 bits per heavy atom. The van der Waals surface area contributed by atoms with Crippen molar-refractivity contribution in [3.05, 3.63) is 39.7 Å². The summed E-state index contributed by atoms with van der Waals surface area (Å²) in [5, 5.41) is 25.6. The molecule has 5 rings (SSSR count). The molecule has 3 atom stereocenters. The van der Waals surface area contributed by atoms with Gasteiger partial charge in [-0.1, -0.05) is 6.08 Å². The molecule has 4 heterocycles. The van der Waals surface area contributed by atoms with E-state index in [0.717, 1.165) is 25.8 Å². The number of aromatic nitrogens is 3. The predicted octanol–water partition coefficient (Wildman–Crippen LogP) is 1.95. The van der Waals surface area contributed by atoms with Crippen molar-refractivity contribution in [3.8, 4) is 6.07 Å². The van der Waals surface area contributed by atoms with Gasteiger partial charge in [0.15, 0.2) is 0 Å². The third kappa shape index (κ3) is 5.20. The van der Waals surface area contributed by atoms with Crippen LogP contribution in [-0.4, -0.2) is 81.6 Å². The lowest BCUT2D eigenvalue weighted by Gasteiger charge is -2.31. The molecule has 38 heavy (non-hydrogen) atoms. The van der Waals surface area contributed by atoms with Gasteiger partial charge in [-0.15, -0.1) is 0 Å². The SMILES string of the molecule is CN1CCCC1/C=C/S(=O)(=O)N1CCC(Nc2ncc3cc(C#N)c(=O)n([C@@H]4CCC[C@@]4(C)O)c3n2)CC1. The summed E-state index contributed by atoms with van der Waals surface area (Å²) in [7, 11) is -1.47. The molecule has 3 fully saturated rings. The van der Waals surface area contributed by atoms with E-state index in [1.54, 1.807) is 19.2 Å². The van der Waals surface area contributed by atoms with Crippen molar-refractivity contribution in [2.24, 2.45) is 0 Å². The van der Waals surface area contributed by atoms with Crippen LogP contribution in [0.25, 0.3) is 11.0 Å². The Hall–Kier alpha value is -2.85. The monoisotopic (exact) mass is 541 g/mol. The number of fused-ring (bicyclic) bond motifs is 1. The molecule has 2 aromatic heterocycles. The standard InChI is InChI=1S/C26H35N7O4S/c1-26(35)10-3-6-22(26)33-23-19(15-18(16-27)24(33)34)17-28-25(30-23)29-20-7-12-32(13-8-20)38(36,37)14-9-21-5-4-11-31(21)2/h9,14-15,17,20-22,35H,3-8,10-13H2,1-2H3,(H,28,29,30)/b14-9+/t21?,22-,26-/m1/s1. The summed E-state index contributed by atoms with van der Waals surface area (Å²) in [5.41, 5.74) is -1.18. The lowest BCUT2D eigenvalue weighted by Crippen LogP contribution is -2.42. The van der Waals surface area contributed by atoms with Crippen LogP contribution in [0.5, 0.6) is 0 Å². The second-order valence-electron chi connectivity index (χ2n) is 11.0. The molecular formula is C26H35N7O4S. The number of nitrogens with one attached hydrogen (secondary N) is 1. The predicted molar refractivity (Wildman–Crippen MR) is 144 cm³/mol. The lowest BCUT2D eigenvalue weighted by molar-refractivity contribution is 0.0266. The average Bonchev–Trinajstić information content (AvgIpc) is 3.46. The number of sulfonamides is 1. The minimum Gasteiger partial charge on any atom is -0.388 e. The topological polar surface area (TPSA) is 144 Å². The van der Waals surface area contributed by atoms with Gasteiger partial charge in [0.1, 0.15) is 17.3 Å². The van der Waals surface area contributed by atoms with Crippen molar-refractivity contribution in [2.45, 2.75) is 75.6 Å². The van der Waals surface area contributed by atoms with Crippen molar-refractivity contribution in [1.82, 2.24) is 23.7 Å². The van der Waals surface area contributed by atoms with E-state index < -0.39 is 27.2 Å². The molecule has 0 radical (unpaired) electrons. The first kappa shape index (κ1) is 26.7. The fourth-order valence-electron chi connectivity index (χ4n) is 5.99. The van der Waals surface area contributed by atoms with E-state index in [1.807, 2.05) is 13.1 Å². The second kappa shape index (κ2) is 10.4. The van der Waals surface area contributed by atoms with Gasteiger partial charge < -0.3 is 10.4 Å². The molecule has 2 aliphatic heterocycles. The van der Waals surface area contributed by atoms with E-state index in [9.17, 15) is 23.6 Å². The maximum absolute atomic E-state index is 13.2. The van der Waals surface area contributed by atoms with Gasteiger partial charge in [0.05, 0.1) is 11.6 Å². The number of nitrogens with zero attached hydrogens (tertiary/aromatic N) is 6. The highest BCUT2D eigenvalue weighted by molar-refractivity contribution is 7.92. The number of anilines is 1. The van der Waals surface area contributed by atoms with Gasteiger partial charge in [-0.05, 0) is 71.5 Å². The molecule has 1 aliphatic carbocycles. The molecule has 1 saturated carbocycles. The zero-order valence-electron chi connectivity index (χ0n) is 21.9. The van der Waals surface area contributed by atoms with Crippen LogP contribution in [0.2, 0.25) is 0 Å². The van der Waals surface area contributed by atoms with Crippen LogP contribution in [0.1, 0.15) is 63.5 Å². The highest BCUT2D eigenvalue weighted by Crippen LogP contribution is 2.39. The largest absolute Gasteiger partial charge is 0.388 e. The molecule has 0 bridgehead atoms. The molecular weight excluding hydrogens is 506 g/mol. The van der Waals surface area contributed by atoms with E-state index in [0.29, 0.717) is 55.8 Å². The van der Waals surface area contributed by atoms with Crippen molar-refractivity contribution in [3.63, 3.8) is 0 Å². The van der Waals surface area contributed by atoms with Gasteiger partial charge >= 0.3 is 0 Å². The van der Waals surface area contributed by atoms with Gasteiger partial charge in [0.25, 0.3) is 5.56 Å². The minimum atomic E-state index is -3.48. The third-order valence-electron chi connectivity index (χ3n) is 8.28.